The van der Waals surface area contributed by atoms with Crippen LogP contribution in [0.1, 0.15) is 0 Å². The van der Waals surface area contributed by atoms with Gasteiger partial charge in [0.05, 0.1) is 0 Å². The van der Waals surface area contributed by atoms with Gasteiger partial charge in [-0.2, -0.15) is 0 Å². The smallest absolute Gasteiger partial charge is 0.143 e. The number of benzene rings is 1. The van der Waals surface area contributed by atoms with Crippen LogP contribution in [0.3, 0.4) is 0 Å². The lowest BCUT2D eigenvalue weighted by molar-refractivity contribution is 0.628. The second kappa shape index (κ2) is 3.78. The standard InChI is InChI=1S/C12H8FN3S/c13-7-3-4-9(14)8(6-7)11-16-10-2-1-5-15-12(10)17-11/h1-6H,14H2. The first-order valence-corrected chi connectivity index (χ1v) is 5.82. The SMILES string of the molecule is Nc1ccc(F)cc1-c1nc2cccnc2s1. The first-order chi connectivity index (χ1) is 8.24. The van der Waals surface area contributed by atoms with E-state index in [2.05, 4.69) is 9.97 Å². The lowest BCUT2D eigenvalue weighted by Gasteiger charge is -2.00. The maximum Gasteiger partial charge on any atom is 0.143 e. The number of thiazole rings is 1. The molecule has 0 saturated heterocycles. The molecule has 0 bridgehead atoms. The number of hydrogen-bond donors (Lipinski definition) is 1. The molecular formula is C12H8FN3S. The van der Waals surface area contributed by atoms with E-state index in [9.17, 15) is 4.39 Å². The van der Waals surface area contributed by atoms with Crippen LogP contribution in [0, 0.1) is 5.82 Å². The van der Waals surface area contributed by atoms with Gasteiger partial charge >= 0.3 is 0 Å². The minimum absolute atomic E-state index is 0.318. The Balaban J connectivity index is 2.23. The molecule has 0 aliphatic heterocycles. The lowest BCUT2D eigenvalue weighted by Crippen LogP contribution is -1.90. The topological polar surface area (TPSA) is 51.8 Å². The third-order valence-electron chi connectivity index (χ3n) is 2.41. The number of nitrogens with two attached hydrogens (primary N) is 1. The van der Waals surface area contributed by atoms with Crippen LogP contribution in [0.4, 0.5) is 10.1 Å². The average Bonchev–Trinajstić information content (AvgIpc) is 2.75. The van der Waals surface area contributed by atoms with Crippen LogP contribution in [0.2, 0.25) is 0 Å². The molecule has 3 nitrogen and oxygen atoms in total. The minimum Gasteiger partial charge on any atom is -0.398 e. The molecule has 2 N–H and O–H groups in total. The molecule has 3 rings (SSSR count). The van der Waals surface area contributed by atoms with E-state index in [-0.39, 0.29) is 5.82 Å². The zero-order valence-corrected chi connectivity index (χ0v) is 9.54. The molecule has 2 heterocycles. The van der Waals surface area contributed by atoms with Crippen LogP contribution < -0.4 is 5.73 Å². The molecule has 17 heavy (non-hydrogen) atoms. The van der Waals surface area contributed by atoms with Crippen molar-refractivity contribution >= 4 is 27.4 Å². The van der Waals surface area contributed by atoms with E-state index in [1.54, 1.807) is 12.3 Å². The van der Waals surface area contributed by atoms with Crippen molar-refractivity contribution in [2.75, 3.05) is 5.73 Å². The molecule has 5 heteroatoms. The van der Waals surface area contributed by atoms with Crippen LogP contribution >= 0.6 is 11.3 Å². The molecule has 3 aromatic rings. The van der Waals surface area contributed by atoms with E-state index in [1.165, 1.54) is 23.5 Å². The number of fused-ring (bicyclic) bond motifs is 1. The van der Waals surface area contributed by atoms with Gasteiger partial charge in [0.2, 0.25) is 0 Å². The molecule has 0 spiro atoms. The van der Waals surface area contributed by atoms with Crippen molar-refractivity contribution in [3.05, 3.63) is 42.3 Å². The highest BCUT2D eigenvalue weighted by atomic mass is 32.1. The highest BCUT2D eigenvalue weighted by Crippen LogP contribution is 2.32. The highest BCUT2D eigenvalue weighted by molar-refractivity contribution is 7.21. The van der Waals surface area contributed by atoms with E-state index in [0.29, 0.717) is 16.3 Å². The number of halogens is 1. The van der Waals surface area contributed by atoms with Gasteiger partial charge in [-0.1, -0.05) is 11.3 Å². The van der Waals surface area contributed by atoms with Crippen LogP contribution in [-0.2, 0) is 0 Å². The number of anilines is 1. The van der Waals surface area contributed by atoms with Gasteiger partial charge < -0.3 is 5.73 Å². The monoisotopic (exact) mass is 245 g/mol. The first-order valence-electron chi connectivity index (χ1n) is 5.01. The molecule has 1 aromatic carbocycles. The highest BCUT2D eigenvalue weighted by Gasteiger charge is 2.10. The van der Waals surface area contributed by atoms with Crippen LogP contribution in [0.5, 0.6) is 0 Å². The van der Waals surface area contributed by atoms with Crippen LogP contribution in [0.15, 0.2) is 36.5 Å². The summed E-state index contributed by atoms with van der Waals surface area (Å²) in [7, 11) is 0. The molecule has 0 radical (unpaired) electrons. The van der Waals surface area contributed by atoms with Gasteiger partial charge in [-0.25, -0.2) is 14.4 Å². The fourth-order valence-corrected chi connectivity index (χ4v) is 2.54. The molecule has 0 amide bonds. The summed E-state index contributed by atoms with van der Waals surface area (Å²) in [5, 5.41) is 0.690. The summed E-state index contributed by atoms with van der Waals surface area (Å²) in [5.41, 5.74) is 7.76. The maximum absolute atomic E-state index is 13.2. The quantitative estimate of drug-likeness (QED) is 0.670. The molecule has 0 atom stereocenters. The Bertz CT molecular complexity index is 660. The van der Waals surface area contributed by atoms with Crippen molar-refractivity contribution in [1.82, 2.24) is 9.97 Å². The van der Waals surface area contributed by atoms with Crippen molar-refractivity contribution in [2.24, 2.45) is 0 Å². The average molecular weight is 245 g/mol. The number of nitrogen functional groups attached to an aromatic ring is 1. The zero-order valence-electron chi connectivity index (χ0n) is 8.72. The largest absolute Gasteiger partial charge is 0.398 e. The third-order valence-corrected chi connectivity index (χ3v) is 3.42. The van der Waals surface area contributed by atoms with Gasteiger partial charge in [0.1, 0.15) is 21.2 Å². The van der Waals surface area contributed by atoms with Crippen LogP contribution in [-0.4, -0.2) is 9.97 Å². The van der Waals surface area contributed by atoms with Crippen molar-refractivity contribution < 1.29 is 4.39 Å². The fourth-order valence-electron chi connectivity index (χ4n) is 1.60. The normalized spacial score (nSPS) is 10.9. The van der Waals surface area contributed by atoms with Crippen LogP contribution in [0.25, 0.3) is 20.9 Å². The molecule has 0 unspecified atom stereocenters. The molecule has 2 aromatic heterocycles. The Hall–Kier alpha value is -2.01. The first kappa shape index (κ1) is 10.2. The maximum atomic E-state index is 13.2. The van der Waals surface area contributed by atoms with Crippen molar-refractivity contribution in [3.63, 3.8) is 0 Å². The predicted molar refractivity (Wildman–Crippen MR) is 67.2 cm³/mol. The molecule has 0 fully saturated rings. The summed E-state index contributed by atoms with van der Waals surface area (Å²) < 4.78 is 13.2. The third kappa shape index (κ3) is 1.74. The van der Waals surface area contributed by atoms with E-state index in [0.717, 1.165) is 10.3 Å². The van der Waals surface area contributed by atoms with E-state index >= 15 is 0 Å². The van der Waals surface area contributed by atoms with Gasteiger partial charge in [0.25, 0.3) is 0 Å². The summed E-state index contributed by atoms with van der Waals surface area (Å²) in [6.07, 6.45) is 1.71. The Morgan fingerprint density at radius 1 is 1.24 bits per heavy atom. The minimum atomic E-state index is -0.318. The van der Waals surface area contributed by atoms with Gasteiger partial charge in [0.15, 0.2) is 0 Å². The molecule has 0 aliphatic carbocycles. The lowest BCUT2D eigenvalue weighted by atomic mass is 10.2. The van der Waals surface area contributed by atoms with Gasteiger partial charge in [-0.15, -0.1) is 0 Å². The molecule has 0 aliphatic rings. The summed E-state index contributed by atoms with van der Waals surface area (Å²) in [4.78, 5) is 9.42. The van der Waals surface area contributed by atoms with Crippen molar-refractivity contribution in [3.8, 4) is 10.6 Å². The van der Waals surface area contributed by atoms with Gasteiger partial charge in [0, 0.05) is 17.4 Å². The predicted octanol–water partition coefficient (Wildman–Crippen LogP) is 3.08. The number of hydrogen-bond acceptors (Lipinski definition) is 4. The Morgan fingerprint density at radius 2 is 2.12 bits per heavy atom. The summed E-state index contributed by atoms with van der Waals surface area (Å²) in [6, 6.07) is 7.97. The number of pyridine rings is 1. The zero-order chi connectivity index (χ0) is 11.8. The van der Waals surface area contributed by atoms with Gasteiger partial charge in [-0.3, -0.25) is 0 Å². The molecule has 84 valence electrons. The summed E-state index contributed by atoms with van der Waals surface area (Å²) in [5.74, 6) is -0.318. The Labute approximate surface area is 101 Å². The summed E-state index contributed by atoms with van der Waals surface area (Å²) in [6.45, 7) is 0. The molecular weight excluding hydrogens is 237 g/mol. The fraction of sp³-hybridized carbons (Fsp3) is 0. The molecule has 0 saturated carbocycles. The Morgan fingerprint density at radius 3 is 2.94 bits per heavy atom. The van der Waals surface area contributed by atoms with E-state index in [4.69, 9.17) is 5.73 Å². The van der Waals surface area contributed by atoms with E-state index in [1.807, 2.05) is 12.1 Å². The van der Waals surface area contributed by atoms with E-state index < -0.39 is 0 Å². The van der Waals surface area contributed by atoms with Crippen molar-refractivity contribution in [2.45, 2.75) is 0 Å². The van der Waals surface area contributed by atoms with Gasteiger partial charge in [-0.05, 0) is 30.3 Å². The second-order valence-corrected chi connectivity index (χ2v) is 4.56. The number of nitrogens with zero attached hydrogens (tertiary/aromatic N) is 2. The second-order valence-electron chi connectivity index (χ2n) is 3.58. The number of aromatic nitrogens is 2. The summed E-state index contributed by atoms with van der Waals surface area (Å²) >= 11 is 1.40. The number of rotatable bonds is 1. The Kier molecular flexibility index (Phi) is 2.26. The van der Waals surface area contributed by atoms with Crippen molar-refractivity contribution in [1.29, 1.82) is 0 Å².